The molecule has 0 saturated heterocycles. The molecule has 1 heterocycles. The van der Waals surface area contributed by atoms with Gasteiger partial charge in [-0.2, -0.15) is 21.9 Å². The van der Waals surface area contributed by atoms with Crippen LogP contribution in [0.4, 0.5) is 28.4 Å². The Morgan fingerprint density at radius 1 is 0.872 bits per heavy atom. The SMILES string of the molecule is CN1c2ccccc2P(=O)(O)c2cc(N=Nc3c(S(=O)(=O)O)cc4cc(S(=O)(=O)O)cc(N)c4c3O)ccc21. The van der Waals surface area contributed by atoms with Crippen LogP contribution in [0.5, 0.6) is 5.75 Å². The number of phenols is 1. The number of nitrogens with zero attached hydrogens (tertiary/aromatic N) is 3. The summed E-state index contributed by atoms with van der Waals surface area (Å²) < 4.78 is 79.9. The lowest BCUT2D eigenvalue weighted by atomic mass is 10.1. The summed E-state index contributed by atoms with van der Waals surface area (Å²) in [6.45, 7) is 0. The first kappa shape index (κ1) is 26.7. The standard InChI is InChI=1S/C23H19N4O9PS2/c1-27-16-4-2-3-5-18(16)37(29,30)19-10-13(6-7-17(19)27)25-26-22-20(39(34,35)36)9-12-8-14(38(31,32)33)11-15(24)21(12)23(22)28/h2-11,28H,24H2,1H3,(H,29,30)(H,31,32,33)(H,34,35,36). The molecule has 1 aliphatic heterocycles. The first-order chi connectivity index (χ1) is 18.1. The average molecular weight is 591 g/mol. The van der Waals surface area contributed by atoms with Gasteiger partial charge in [0.1, 0.15) is 10.6 Å². The van der Waals surface area contributed by atoms with Crippen molar-refractivity contribution in [2.75, 3.05) is 17.7 Å². The van der Waals surface area contributed by atoms with Crippen molar-refractivity contribution in [1.29, 1.82) is 0 Å². The minimum absolute atomic E-state index is 0.0197. The van der Waals surface area contributed by atoms with Gasteiger partial charge in [-0.15, -0.1) is 5.11 Å². The first-order valence-electron chi connectivity index (χ1n) is 10.9. The number of anilines is 3. The van der Waals surface area contributed by atoms with E-state index in [1.807, 2.05) is 0 Å². The highest BCUT2D eigenvalue weighted by molar-refractivity contribution is 7.86. The van der Waals surface area contributed by atoms with E-state index in [2.05, 4.69) is 10.2 Å². The van der Waals surface area contributed by atoms with Gasteiger partial charge in [0.2, 0.25) is 0 Å². The lowest BCUT2D eigenvalue weighted by molar-refractivity contribution is 0.472. The predicted molar refractivity (Wildman–Crippen MR) is 144 cm³/mol. The average Bonchev–Trinajstić information content (AvgIpc) is 2.85. The molecule has 13 nitrogen and oxygen atoms in total. The Kier molecular flexibility index (Phi) is 6.06. The van der Waals surface area contributed by atoms with Crippen molar-refractivity contribution in [2.24, 2.45) is 10.2 Å². The van der Waals surface area contributed by atoms with Gasteiger partial charge in [-0.1, -0.05) is 12.1 Å². The number of rotatable bonds is 4. The zero-order valence-corrected chi connectivity index (χ0v) is 22.3. The van der Waals surface area contributed by atoms with Gasteiger partial charge in [0.25, 0.3) is 27.6 Å². The molecule has 0 saturated carbocycles. The van der Waals surface area contributed by atoms with E-state index in [0.717, 1.165) is 18.2 Å². The third-order valence-electron chi connectivity index (χ3n) is 6.21. The van der Waals surface area contributed by atoms with E-state index in [9.17, 15) is 40.5 Å². The number of aromatic hydroxyl groups is 1. The van der Waals surface area contributed by atoms with Gasteiger partial charge in [0, 0.05) is 18.1 Å². The van der Waals surface area contributed by atoms with Crippen molar-refractivity contribution >= 4 is 77.4 Å². The highest BCUT2D eigenvalue weighted by Gasteiger charge is 2.36. The maximum Gasteiger partial charge on any atom is 0.296 e. The fraction of sp³-hybridized carbons (Fsp3) is 0.0435. The monoisotopic (exact) mass is 590 g/mol. The molecule has 4 aromatic rings. The normalized spacial score (nSPS) is 17.4. The molecule has 5 rings (SSSR count). The van der Waals surface area contributed by atoms with Crippen LogP contribution in [-0.2, 0) is 24.8 Å². The third-order valence-corrected chi connectivity index (χ3v) is 9.95. The molecule has 0 radical (unpaired) electrons. The molecule has 202 valence electrons. The summed E-state index contributed by atoms with van der Waals surface area (Å²) >= 11 is 0. The molecule has 0 bridgehead atoms. The molecule has 0 spiro atoms. The second-order valence-electron chi connectivity index (χ2n) is 8.63. The second kappa shape index (κ2) is 8.84. The van der Waals surface area contributed by atoms with Crippen LogP contribution in [0.2, 0.25) is 0 Å². The Morgan fingerprint density at radius 2 is 1.54 bits per heavy atom. The summed E-state index contributed by atoms with van der Waals surface area (Å²) in [5.41, 5.74) is 5.82. The molecule has 1 atom stereocenters. The van der Waals surface area contributed by atoms with E-state index < -0.39 is 48.8 Å². The molecule has 1 aliphatic rings. The predicted octanol–water partition coefficient (Wildman–Crippen LogP) is 3.34. The molecule has 1 unspecified atom stereocenters. The summed E-state index contributed by atoms with van der Waals surface area (Å²) in [7, 11) is -12.1. The quantitative estimate of drug-likeness (QED) is 0.100. The second-order valence-corrected chi connectivity index (χ2v) is 13.6. The first-order valence-corrected chi connectivity index (χ1v) is 15.4. The van der Waals surface area contributed by atoms with Gasteiger partial charge < -0.3 is 20.6 Å². The Labute approximate surface area is 221 Å². The van der Waals surface area contributed by atoms with Gasteiger partial charge in [0.05, 0.1) is 32.6 Å². The van der Waals surface area contributed by atoms with Crippen molar-refractivity contribution in [3.63, 3.8) is 0 Å². The van der Waals surface area contributed by atoms with E-state index in [-0.39, 0.29) is 32.8 Å². The van der Waals surface area contributed by atoms with E-state index >= 15 is 0 Å². The fourth-order valence-electron chi connectivity index (χ4n) is 4.41. The maximum atomic E-state index is 13.4. The number of azo groups is 1. The number of benzene rings is 4. The van der Waals surface area contributed by atoms with Gasteiger partial charge in [0.15, 0.2) is 5.75 Å². The largest absolute Gasteiger partial charge is 0.505 e. The number of fused-ring (bicyclic) bond motifs is 3. The Hall–Kier alpha value is -3.85. The third kappa shape index (κ3) is 4.44. The number of para-hydroxylation sites is 1. The van der Waals surface area contributed by atoms with Crippen LogP contribution < -0.4 is 21.2 Å². The van der Waals surface area contributed by atoms with E-state index in [1.165, 1.54) is 24.3 Å². The topological polar surface area (TPSA) is 220 Å². The van der Waals surface area contributed by atoms with Crippen LogP contribution in [0.25, 0.3) is 10.8 Å². The molecule has 0 aliphatic carbocycles. The van der Waals surface area contributed by atoms with Gasteiger partial charge in [-0.3, -0.25) is 13.7 Å². The van der Waals surface area contributed by atoms with Crippen molar-refractivity contribution in [1.82, 2.24) is 0 Å². The minimum Gasteiger partial charge on any atom is -0.505 e. The van der Waals surface area contributed by atoms with Gasteiger partial charge >= 0.3 is 0 Å². The Balaban J connectivity index is 1.68. The van der Waals surface area contributed by atoms with Crippen LogP contribution in [0.15, 0.2) is 80.7 Å². The molecule has 0 fully saturated rings. The molecule has 16 heteroatoms. The fourth-order valence-corrected chi connectivity index (χ4v) is 7.54. The van der Waals surface area contributed by atoms with E-state index in [0.29, 0.717) is 11.4 Å². The summed E-state index contributed by atoms with van der Waals surface area (Å²) in [6.07, 6.45) is 0. The van der Waals surface area contributed by atoms with Crippen molar-refractivity contribution in [3.05, 3.63) is 60.7 Å². The minimum atomic E-state index is -5.04. The highest BCUT2D eigenvalue weighted by atomic mass is 32.2. The van der Waals surface area contributed by atoms with Gasteiger partial charge in [-0.05, 0) is 53.9 Å². The van der Waals surface area contributed by atoms with Crippen molar-refractivity contribution in [3.8, 4) is 5.75 Å². The molecular formula is C23H19N4O9PS2. The van der Waals surface area contributed by atoms with Crippen LogP contribution in [0, 0.1) is 0 Å². The molecular weight excluding hydrogens is 571 g/mol. The van der Waals surface area contributed by atoms with Crippen LogP contribution in [0.1, 0.15) is 0 Å². The lowest BCUT2D eigenvalue weighted by Gasteiger charge is -2.32. The number of hydrogen-bond acceptors (Lipinski definition) is 10. The molecule has 4 aromatic carbocycles. The molecule has 6 N–H and O–H groups in total. The summed E-state index contributed by atoms with van der Waals surface area (Å²) in [6, 6.07) is 13.4. The van der Waals surface area contributed by atoms with Gasteiger partial charge in [-0.25, -0.2) is 0 Å². The van der Waals surface area contributed by atoms with E-state index in [1.54, 1.807) is 30.1 Å². The summed E-state index contributed by atoms with van der Waals surface area (Å²) in [5, 5.41) is 18.4. The Bertz CT molecular complexity index is 2010. The number of nitrogens with two attached hydrogens (primary N) is 1. The van der Waals surface area contributed by atoms with Crippen molar-refractivity contribution in [2.45, 2.75) is 9.79 Å². The zero-order valence-electron chi connectivity index (χ0n) is 19.8. The number of hydrogen-bond donors (Lipinski definition) is 5. The molecule has 0 aromatic heterocycles. The molecule has 39 heavy (non-hydrogen) atoms. The van der Waals surface area contributed by atoms with E-state index in [4.69, 9.17) is 5.73 Å². The van der Waals surface area contributed by atoms with Crippen LogP contribution in [-0.4, -0.2) is 43.0 Å². The zero-order chi connectivity index (χ0) is 28.5. The number of phenolic OH excluding ortho intramolecular Hbond substituents is 1. The summed E-state index contributed by atoms with van der Waals surface area (Å²) in [5.74, 6) is -0.845. The highest BCUT2D eigenvalue weighted by Crippen LogP contribution is 2.50. The maximum absolute atomic E-state index is 13.4. The smallest absolute Gasteiger partial charge is 0.296 e. The van der Waals surface area contributed by atoms with Crippen molar-refractivity contribution < 1.29 is 40.5 Å². The molecule has 0 amide bonds. The van der Waals surface area contributed by atoms with Crippen LogP contribution >= 0.6 is 7.37 Å². The Morgan fingerprint density at radius 3 is 2.21 bits per heavy atom. The number of nitrogen functional groups attached to an aromatic ring is 1. The summed E-state index contributed by atoms with van der Waals surface area (Å²) in [4.78, 5) is 11.1. The lowest BCUT2D eigenvalue weighted by Crippen LogP contribution is -2.32. The van der Waals surface area contributed by atoms with Crippen LogP contribution in [0.3, 0.4) is 0 Å².